The lowest BCUT2D eigenvalue weighted by Gasteiger charge is -2.07. The van der Waals surface area contributed by atoms with Crippen LogP contribution >= 0.6 is 0 Å². The minimum Gasteiger partial charge on any atom is -0.496 e. The van der Waals surface area contributed by atoms with Gasteiger partial charge in [0.15, 0.2) is 0 Å². The summed E-state index contributed by atoms with van der Waals surface area (Å²) in [5.41, 5.74) is 0.0985. The first-order chi connectivity index (χ1) is 13.4. The van der Waals surface area contributed by atoms with Gasteiger partial charge in [-0.2, -0.15) is 5.26 Å². The molecule has 0 saturated carbocycles. The molecule has 2 rings (SSSR count). The molecule has 0 aliphatic heterocycles. The summed E-state index contributed by atoms with van der Waals surface area (Å²) in [6.45, 7) is 0. The quantitative estimate of drug-likeness (QED) is 0.267. The van der Waals surface area contributed by atoms with Crippen molar-refractivity contribution in [1.82, 2.24) is 0 Å². The Labute approximate surface area is 159 Å². The number of carbonyl (C=O) groups is 2. The molecule has 0 aromatic heterocycles. The number of nitrogens with one attached hydrogen (secondary N) is 1. The standard InChI is InChI=1S/C19H15N3O6/c1-27-15-7-8-16(17(10-15)22(25)26)21-18(23)14(11-20)9-12-3-5-13(6-4-12)19(24)28-2/h3-10H,1-2H3,(H,21,23)/b14-9-. The predicted molar refractivity (Wildman–Crippen MR) is 99.6 cm³/mol. The highest BCUT2D eigenvalue weighted by Gasteiger charge is 2.19. The highest BCUT2D eigenvalue weighted by atomic mass is 16.6. The van der Waals surface area contributed by atoms with Crippen molar-refractivity contribution in [3.63, 3.8) is 0 Å². The SMILES string of the molecule is COC(=O)c1ccc(/C=C(/C#N)C(=O)Nc2ccc(OC)cc2[N+](=O)[O-])cc1. The van der Waals surface area contributed by atoms with Crippen molar-refractivity contribution in [2.75, 3.05) is 19.5 Å². The topological polar surface area (TPSA) is 132 Å². The number of methoxy groups -OCH3 is 2. The van der Waals surface area contributed by atoms with Crippen molar-refractivity contribution < 1.29 is 24.0 Å². The number of rotatable bonds is 6. The van der Waals surface area contributed by atoms with Gasteiger partial charge < -0.3 is 14.8 Å². The van der Waals surface area contributed by atoms with Crippen molar-refractivity contribution in [3.8, 4) is 11.8 Å². The van der Waals surface area contributed by atoms with Crippen molar-refractivity contribution in [2.24, 2.45) is 0 Å². The molecule has 0 bridgehead atoms. The van der Waals surface area contributed by atoms with Gasteiger partial charge in [-0.1, -0.05) is 12.1 Å². The lowest BCUT2D eigenvalue weighted by molar-refractivity contribution is -0.384. The van der Waals surface area contributed by atoms with Crippen LogP contribution < -0.4 is 10.1 Å². The Morgan fingerprint density at radius 2 is 1.86 bits per heavy atom. The summed E-state index contributed by atoms with van der Waals surface area (Å²) in [5, 5.41) is 22.8. The van der Waals surface area contributed by atoms with Crippen LogP contribution in [0.3, 0.4) is 0 Å². The molecule has 0 fully saturated rings. The van der Waals surface area contributed by atoms with Crippen LogP contribution in [0.1, 0.15) is 15.9 Å². The molecule has 142 valence electrons. The van der Waals surface area contributed by atoms with Crippen LogP contribution in [-0.2, 0) is 9.53 Å². The zero-order valence-corrected chi connectivity index (χ0v) is 15.0. The molecule has 2 aromatic rings. The molecule has 2 aromatic carbocycles. The van der Waals surface area contributed by atoms with Gasteiger partial charge in [-0.05, 0) is 35.9 Å². The first-order valence-electron chi connectivity index (χ1n) is 7.83. The molecule has 0 unspecified atom stereocenters. The van der Waals surface area contributed by atoms with Crippen LogP contribution in [0.4, 0.5) is 11.4 Å². The van der Waals surface area contributed by atoms with Gasteiger partial charge in [-0.15, -0.1) is 0 Å². The van der Waals surface area contributed by atoms with E-state index in [0.29, 0.717) is 11.1 Å². The summed E-state index contributed by atoms with van der Waals surface area (Å²) in [6, 6.07) is 11.7. The number of nitro groups is 1. The second-order valence-electron chi connectivity index (χ2n) is 5.38. The fourth-order valence-corrected chi connectivity index (χ4v) is 2.23. The Morgan fingerprint density at radius 1 is 1.18 bits per heavy atom. The van der Waals surface area contributed by atoms with E-state index in [0.717, 1.165) is 6.07 Å². The third-order valence-corrected chi connectivity index (χ3v) is 3.66. The van der Waals surface area contributed by atoms with Crippen molar-refractivity contribution in [2.45, 2.75) is 0 Å². The van der Waals surface area contributed by atoms with Gasteiger partial charge in [-0.3, -0.25) is 14.9 Å². The monoisotopic (exact) mass is 381 g/mol. The molecule has 9 heteroatoms. The zero-order chi connectivity index (χ0) is 20.7. The lowest BCUT2D eigenvalue weighted by atomic mass is 10.1. The van der Waals surface area contributed by atoms with E-state index >= 15 is 0 Å². The van der Waals surface area contributed by atoms with Crippen LogP contribution in [0.5, 0.6) is 5.75 Å². The molecule has 0 saturated heterocycles. The number of hydrogen-bond donors (Lipinski definition) is 1. The van der Waals surface area contributed by atoms with E-state index in [9.17, 15) is 25.0 Å². The summed E-state index contributed by atoms with van der Waals surface area (Å²) < 4.78 is 9.53. The first-order valence-corrected chi connectivity index (χ1v) is 7.83. The summed E-state index contributed by atoms with van der Waals surface area (Å²) in [4.78, 5) is 34.3. The molecular formula is C19H15N3O6. The van der Waals surface area contributed by atoms with Crippen LogP contribution in [-0.4, -0.2) is 31.0 Å². The van der Waals surface area contributed by atoms with Crippen molar-refractivity contribution in [3.05, 3.63) is 69.3 Å². The van der Waals surface area contributed by atoms with Crippen molar-refractivity contribution >= 4 is 29.3 Å². The van der Waals surface area contributed by atoms with E-state index in [1.807, 2.05) is 0 Å². The molecule has 0 heterocycles. The van der Waals surface area contributed by atoms with Gasteiger partial charge in [0.05, 0.1) is 30.8 Å². The van der Waals surface area contributed by atoms with E-state index in [1.54, 1.807) is 6.07 Å². The minimum atomic E-state index is -0.812. The maximum Gasteiger partial charge on any atom is 0.337 e. The fraction of sp³-hybridized carbons (Fsp3) is 0.105. The van der Waals surface area contributed by atoms with Gasteiger partial charge in [0.1, 0.15) is 23.1 Å². The molecule has 1 amide bonds. The second kappa shape index (κ2) is 8.95. The van der Waals surface area contributed by atoms with Crippen LogP contribution in [0.15, 0.2) is 48.0 Å². The van der Waals surface area contributed by atoms with E-state index in [2.05, 4.69) is 10.1 Å². The van der Waals surface area contributed by atoms with E-state index < -0.39 is 16.8 Å². The van der Waals surface area contributed by atoms with Gasteiger partial charge in [0, 0.05) is 0 Å². The molecule has 0 atom stereocenters. The smallest absolute Gasteiger partial charge is 0.337 e. The molecule has 0 aliphatic rings. The predicted octanol–water partition coefficient (Wildman–Crippen LogP) is 2.94. The second-order valence-corrected chi connectivity index (χ2v) is 5.38. The van der Waals surface area contributed by atoms with E-state index in [-0.39, 0.29) is 22.7 Å². The van der Waals surface area contributed by atoms with Crippen LogP contribution in [0, 0.1) is 21.4 Å². The van der Waals surface area contributed by atoms with Gasteiger partial charge in [0.25, 0.3) is 11.6 Å². The highest BCUT2D eigenvalue weighted by molar-refractivity contribution is 6.10. The van der Waals surface area contributed by atoms with Crippen LogP contribution in [0.2, 0.25) is 0 Å². The fourth-order valence-electron chi connectivity index (χ4n) is 2.23. The summed E-state index contributed by atoms with van der Waals surface area (Å²) in [6.07, 6.45) is 1.30. The zero-order valence-electron chi connectivity index (χ0n) is 15.0. The highest BCUT2D eigenvalue weighted by Crippen LogP contribution is 2.29. The number of esters is 1. The molecule has 0 aliphatic carbocycles. The Kier molecular flexibility index (Phi) is 6.44. The maximum absolute atomic E-state index is 12.4. The van der Waals surface area contributed by atoms with Crippen LogP contribution in [0.25, 0.3) is 6.08 Å². The third kappa shape index (κ3) is 4.70. The number of carbonyl (C=O) groups excluding carboxylic acids is 2. The van der Waals surface area contributed by atoms with Gasteiger partial charge in [-0.25, -0.2) is 4.79 Å². The Hall–Kier alpha value is -4.19. The molecule has 1 N–H and O–H groups in total. The minimum absolute atomic E-state index is 0.0713. The number of anilines is 1. The Balaban J connectivity index is 2.27. The number of benzene rings is 2. The van der Waals surface area contributed by atoms with Gasteiger partial charge in [0.2, 0.25) is 0 Å². The Bertz CT molecular complexity index is 990. The number of hydrogen-bond acceptors (Lipinski definition) is 7. The average molecular weight is 381 g/mol. The molecule has 0 spiro atoms. The normalized spacial score (nSPS) is 10.5. The summed E-state index contributed by atoms with van der Waals surface area (Å²) >= 11 is 0. The first kappa shape index (κ1) is 20.1. The molecular weight excluding hydrogens is 366 g/mol. The largest absolute Gasteiger partial charge is 0.496 e. The molecule has 9 nitrogen and oxygen atoms in total. The number of nitrogens with zero attached hydrogens (tertiary/aromatic N) is 2. The summed E-state index contributed by atoms with van der Waals surface area (Å²) in [7, 11) is 2.62. The number of amides is 1. The number of nitriles is 1. The molecule has 28 heavy (non-hydrogen) atoms. The number of ether oxygens (including phenoxy) is 2. The summed E-state index contributed by atoms with van der Waals surface area (Å²) in [5.74, 6) is -1.07. The average Bonchev–Trinajstić information content (AvgIpc) is 2.71. The Morgan fingerprint density at radius 3 is 2.39 bits per heavy atom. The van der Waals surface area contributed by atoms with E-state index in [1.165, 1.54) is 56.7 Å². The molecule has 0 radical (unpaired) electrons. The van der Waals surface area contributed by atoms with E-state index in [4.69, 9.17) is 4.74 Å². The van der Waals surface area contributed by atoms with Crippen molar-refractivity contribution in [1.29, 1.82) is 5.26 Å². The lowest BCUT2D eigenvalue weighted by Crippen LogP contribution is -2.14. The maximum atomic E-state index is 12.4. The van der Waals surface area contributed by atoms with Gasteiger partial charge >= 0.3 is 5.97 Å². The third-order valence-electron chi connectivity index (χ3n) is 3.66. The number of nitro benzene ring substituents is 1.